The maximum absolute atomic E-state index is 14.7. The number of carbonyl (C=O) groups excluding carboxylic acids is 2. The molecule has 164 valence electrons. The predicted octanol–water partition coefficient (Wildman–Crippen LogP) is 0.459. The number of halogens is 1. The highest BCUT2D eigenvalue weighted by atomic mass is 32.2. The fraction of sp³-hybridized carbons (Fsp3) is 0.647. The van der Waals surface area contributed by atoms with Crippen molar-refractivity contribution in [1.29, 1.82) is 0 Å². The molecule has 1 aliphatic heterocycles. The smallest absolute Gasteiger partial charge is 0.409 e. The number of ether oxygens (including phenoxy) is 2. The molecule has 0 spiro atoms. The molecule has 2 atom stereocenters. The lowest BCUT2D eigenvalue weighted by atomic mass is 9.87. The maximum Gasteiger partial charge on any atom is 0.409 e. The summed E-state index contributed by atoms with van der Waals surface area (Å²) in [5, 5.41) is 9.77. The molecule has 2 heterocycles. The van der Waals surface area contributed by atoms with Gasteiger partial charge in [-0.05, 0) is 13.8 Å². The van der Waals surface area contributed by atoms with Gasteiger partial charge in [-0.1, -0.05) is 6.92 Å². The van der Waals surface area contributed by atoms with Gasteiger partial charge in [0.05, 0.1) is 19.8 Å². The Morgan fingerprint density at radius 3 is 2.52 bits per heavy atom. The van der Waals surface area contributed by atoms with E-state index in [0.717, 1.165) is 10.8 Å². The van der Waals surface area contributed by atoms with Crippen molar-refractivity contribution < 1.29 is 37.0 Å². The number of sulfonamides is 1. The third kappa shape index (κ3) is 4.54. The number of aliphatic hydroxyl groups excluding tert-OH is 1. The van der Waals surface area contributed by atoms with Crippen LogP contribution in [-0.2, 0) is 26.5 Å². The number of nitrogens with one attached hydrogen (secondary N) is 1. The molecule has 1 saturated heterocycles. The van der Waals surface area contributed by atoms with Crippen molar-refractivity contribution in [3.63, 3.8) is 0 Å². The van der Waals surface area contributed by atoms with Crippen molar-refractivity contribution in [1.82, 2.24) is 14.2 Å². The lowest BCUT2D eigenvalue weighted by Crippen LogP contribution is -2.47. The van der Waals surface area contributed by atoms with Crippen LogP contribution in [0.3, 0.4) is 0 Å². The number of rotatable bonds is 7. The number of nitrogens with zero attached hydrogens (tertiary/aromatic N) is 2. The van der Waals surface area contributed by atoms with Crippen LogP contribution in [0.4, 0.5) is 9.18 Å². The largest absolute Gasteiger partial charge is 0.461 e. The first-order valence-electron chi connectivity index (χ1n) is 9.07. The fourth-order valence-electron chi connectivity index (χ4n) is 3.18. The topological polar surface area (TPSA) is 127 Å². The molecule has 0 unspecified atom stereocenters. The van der Waals surface area contributed by atoms with Crippen LogP contribution in [0.5, 0.6) is 0 Å². The standard InChI is InChI=1S/C17H26FN3O7S/c1-5-27-15(23)14-13(18)11(7-20(14)4)29(25,26)19-12-8-21(16(24)28-6-2)9-17(12,3)10-22/h7,12,19,22H,5-6,8-10H2,1-4H3/t12-,17-/m1/s1. The molecule has 0 bridgehead atoms. The number of aliphatic hydroxyl groups is 1. The van der Waals surface area contributed by atoms with Crippen LogP contribution >= 0.6 is 0 Å². The van der Waals surface area contributed by atoms with Crippen molar-refractivity contribution in [3.8, 4) is 0 Å². The third-order valence-electron chi connectivity index (χ3n) is 4.83. The quantitative estimate of drug-likeness (QED) is 0.596. The summed E-state index contributed by atoms with van der Waals surface area (Å²) in [6, 6.07) is -0.896. The summed E-state index contributed by atoms with van der Waals surface area (Å²) in [5.74, 6) is -2.21. The van der Waals surface area contributed by atoms with E-state index in [-0.39, 0.29) is 26.3 Å². The van der Waals surface area contributed by atoms with Gasteiger partial charge in [0, 0.05) is 37.8 Å². The summed E-state index contributed by atoms with van der Waals surface area (Å²) in [6.07, 6.45) is 0.336. The molecule has 0 aliphatic carbocycles. The van der Waals surface area contributed by atoms with Crippen LogP contribution in [0.15, 0.2) is 11.1 Å². The Bertz CT molecular complexity index is 886. The third-order valence-corrected chi connectivity index (χ3v) is 6.29. The normalized spacial score (nSPS) is 22.0. The van der Waals surface area contributed by atoms with Gasteiger partial charge in [0.2, 0.25) is 10.0 Å². The van der Waals surface area contributed by atoms with Gasteiger partial charge in [0.1, 0.15) is 4.90 Å². The highest BCUT2D eigenvalue weighted by molar-refractivity contribution is 7.89. The average molecular weight is 435 g/mol. The number of aryl methyl sites for hydroxylation is 1. The molecule has 1 fully saturated rings. The van der Waals surface area contributed by atoms with Gasteiger partial charge in [0.25, 0.3) is 0 Å². The Morgan fingerprint density at radius 2 is 1.97 bits per heavy atom. The van der Waals surface area contributed by atoms with Crippen LogP contribution in [0.25, 0.3) is 0 Å². The second kappa shape index (κ2) is 8.67. The summed E-state index contributed by atoms with van der Waals surface area (Å²) < 4.78 is 53.5. The number of likely N-dealkylation sites (tertiary alicyclic amines) is 1. The van der Waals surface area contributed by atoms with E-state index in [4.69, 9.17) is 9.47 Å². The van der Waals surface area contributed by atoms with Crippen molar-refractivity contribution >= 4 is 22.1 Å². The van der Waals surface area contributed by atoms with E-state index in [1.54, 1.807) is 20.8 Å². The van der Waals surface area contributed by atoms with Crippen molar-refractivity contribution in [2.45, 2.75) is 31.7 Å². The molecule has 2 N–H and O–H groups in total. The summed E-state index contributed by atoms with van der Waals surface area (Å²) in [7, 11) is -3.09. The second-order valence-corrected chi connectivity index (χ2v) is 8.74. The molecular formula is C17H26FN3O7S. The molecule has 0 aromatic carbocycles. The summed E-state index contributed by atoms with van der Waals surface area (Å²) in [5.41, 5.74) is -1.52. The Hall–Kier alpha value is -2.18. The Balaban J connectivity index is 2.32. The monoisotopic (exact) mass is 435 g/mol. The van der Waals surface area contributed by atoms with Crippen molar-refractivity contribution in [3.05, 3.63) is 17.7 Å². The molecule has 10 nitrogen and oxygen atoms in total. The van der Waals surface area contributed by atoms with E-state index in [9.17, 15) is 27.5 Å². The van der Waals surface area contributed by atoms with E-state index >= 15 is 0 Å². The lowest BCUT2D eigenvalue weighted by Gasteiger charge is -2.28. The SMILES string of the molecule is CCOC(=O)c1c(F)c(S(=O)(=O)N[C@@H]2CN(C(=O)OCC)C[C@]2(C)CO)cn1C. The summed E-state index contributed by atoms with van der Waals surface area (Å²) >= 11 is 0. The van der Waals surface area contributed by atoms with Crippen molar-refractivity contribution in [2.24, 2.45) is 12.5 Å². The van der Waals surface area contributed by atoms with E-state index < -0.39 is 56.6 Å². The van der Waals surface area contributed by atoms with Gasteiger partial charge in [0.15, 0.2) is 11.5 Å². The van der Waals surface area contributed by atoms with Gasteiger partial charge in [-0.15, -0.1) is 0 Å². The average Bonchev–Trinajstić information content (AvgIpc) is 3.13. The number of hydrogen-bond donors (Lipinski definition) is 2. The minimum Gasteiger partial charge on any atom is -0.461 e. The molecule has 12 heteroatoms. The molecular weight excluding hydrogens is 409 g/mol. The van der Waals surface area contributed by atoms with E-state index in [2.05, 4.69) is 4.72 Å². The highest BCUT2D eigenvalue weighted by Gasteiger charge is 2.47. The molecule has 1 aromatic heterocycles. The number of hydrogen-bond acceptors (Lipinski definition) is 7. The fourth-order valence-corrected chi connectivity index (χ4v) is 4.67. The lowest BCUT2D eigenvalue weighted by molar-refractivity contribution is 0.0509. The Labute approximate surface area is 168 Å². The summed E-state index contributed by atoms with van der Waals surface area (Å²) in [6.45, 7) is 4.51. The van der Waals surface area contributed by atoms with Crippen LogP contribution in [0, 0.1) is 11.2 Å². The first-order chi connectivity index (χ1) is 13.5. The maximum atomic E-state index is 14.7. The summed E-state index contributed by atoms with van der Waals surface area (Å²) in [4.78, 5) is 24.5. The second-order valence-electron chi connectivity index (χ2n) is 7.05. The van der Waals surface area contributed by atoms with Gasteiger partial charge in [-0.3, -0.25) is 0 Å². The van der Waals surface area contributed by atoms with Crippen LogP contribution in [0.2, 0.25) is 0 Å². The zero-order valence-electron chi connectivity index (χ0n) is 16.8. The number of esters is 1. The van der Waals surface area contributed by atoms with E-state index in [1.807, 2.05) is 0 Å². The van der Waals surface area contributed by atoms with Crippen LogP contribution < -0.4 is 4.72 Å². The molecule has 1 aliphatic rings. The first kappa shape index (κ1) is 23.1. The Morgan fingerprint density at radius 1 is 1.34 bits per heavy atom. The first-order valence-corrected chi connectivity index (χ1v) is 10.6. The highest BCUT2D eigenvalue weighted by Crippen LogP contribution is 2.32. The zero-order valence-corrected chi connectivity index (χ0v) is 17.6. The molecule has 0 radical (unpaired) electrons. The minimum atomic E-state index is -4.41. The molecule has 1 amide bonds. The molecule has 2 rings (SSSR count). The van der Waals surface area contributed by atoms with Gasteiger partial charge >= 0.3 is 12.1 Å². The van der Waals surface area contributed by atoms with Gasteiger partial charge in [-0.25, -0.2) is 27.1 Å². The molecule has 0 saturated carbocycles. The van der Waals surface area contributed by atoms with Gasteiger partial charge < -0.3 is 24.0 Å². The minimum absolute atomic E-state index is 0.00437. The molecule has 29 heavy (non-hydrogen) atoms. The van der Waals surface area contributed by atoms with Crippen LogP contribution in [-0.4, -0.2) is 74.0 Å². The number of carbonyl (C=O) groups is 2. The Kier molecular flexibility index (Phi) is 6.91. The van der Waals surface area contributed by atoms with Crippen molar-refractivity contribution in [2.75, 3.05) is 32.9 Å². The molecule has 1 aromatic rings. The van der Waals surface area contributed by atoms with Gasteiger partial charge in [-0.2, -0.15) is 0 Å². The number of amides is 1. The zero-order chi connectivity index (χ0) is 22.0. The van der Waals surface area contributed by atoms with Crippen LogP contribution in [0.1, 0.15) is 31.3 Å². The predicted molar refractivity (Wildman–Crippen MR) is 99.2 cm³/mol. The van der Waals surface area contributed by atoms with E-state index in [0.29, 0.717) is 0 Å². The van der Waals surface area contributed by atoms with E-state index in [1.165, 1.54) is 11.9 Å². The number of aromatic nitrogens is 1.